The van der Waals surface area contributed by atoms with E-state index in [0.717, 1.165) is 11.3 Å². The fourth-order valence-corrected chi connectivity index (χ4v) is 1.89. The van der Waals surface area contributed by atoms with Gasteiger partial charge in [0.15, 0.2) is 0 Å². The molecular formula is C16H20ClNO. The van der Waals surface area contributed by atoms with Gasteiger partial charge in [-0.05, 0) is 42.7 Å². The van der Waals surface area contributed by atoms with Gasteiger partial charge < -0.3 is 10.5 Å². The molecule has 0 spiro atoms. The topological polar surface area (TPSA) is 35.2 Å². The average molecular weight is 278 g/mol. The van der Waals surface area contributed by atoms with Gasteiger partial charge in [0.2, 0.25) is 0 Å². The summed E-state index contributed by atoms with van der Waals surface area (Å²) in [6.07, 6.45) is 0. The van der Waals surface area contributed by atoms with Gasteiger partial charge in [-0.2, -0.15) is 0 Å². The summed E-state index contributed by atoms with van der Waals surface area (Å²) in [6.45, 7) is 4.68. The minimum Gasteiger partial charge on any atom is -0.494 e. The van der Waals surface area contributed by atoms with Crippen LogP contribution in [0.3, 0.4) is 0 Å². The van der Waals surface area contributed by atoms with Gasteiger partial charge in [-0.3, -0.25) is 0 Å². The van der Waals surface area contributed by atoms with E-state index < -0.39 is 0 Å². The number of hydrogen-bond donors (Lipinski definition) is 1. The average Bonchev–Trinajstić information content (AvgIpc) is 2.40. The van der Waals surface area contributed by atoms with E-state index >= 15 is 0 Å². The first-order valence-electron chi connectivity index (χ1n) is 6.29. The van der Waals surface area contributed by atoms with Crippen LogP contribution in [-0.4, -0.2) is 6.61 Å². The van der Waals surface area contributed by atoms with Crippen LogP contribution in [0.4, 0.5) is 0 Å². The summed E-state index contributed by atoms with van der Waals surface area (Å²) < 4.78 is 5.43. The highest BCUT2D eigenvalue weighted by atomic mass is 35.5. The summed E-state index contributed by atoms with van der Waals surface area (Å²) in [7, 11) is 0. The van der Waals surface area contributed by atoms with Crippen molar-refractivity contribution in [1.82, 2.24) is 0 Å². The van der Waals surface area contributed by atoms with Crippen molar-refractivity contribution in [3.05, 3.63) is 54.1 Å². The molecule has 0 saturated carbocycles. The van der Waals surface area contributed by atoms with Gasteiger partial charge in [0.05, 0.1) is 6.61 Å². The Morgan fingerprint density at radius 2 is 1.42 bits per heavy atom. The predicted molar refractivity (Wildman–Crippen MR) is 82.9 cm³/mol. The second kappa shape index (κ2) is 7.17. The van der Waals surface area contributed by atoms with Gasteiger partial charge in [-0.15, -0.1) is 12.4 Å². The molecule has 102 valence electrons. The quantitative estimate of drug-likeness (QED) is 0.909. The number of nitrogens with two attached hydrogens (primary N) is 1. The first-order chi connectivity index (χ1) is 8.70. The molecule has 2 aromatic carbocycles. The lowest BCUT2D eigenvalue weighted by Crippen LogP contribution is -2.04. The zero-order chi connectivity index (χ0) is 13.0. The SMILES string of the molecule is CCOc1ccc(-c2ccc(C(C)N)cc2)cc1.Cl. The molecule has 0 aliphatic carbocycles. The molecule has 3 heteroatoms. The summed E-state index contributed by atoms with van der Waals surface area (Å²) in [6, 6.07) is 16.6. The normalized spacial score (nSPS) is 11.5. The smallest absolute Gasteiger partial charge is 0.119 e. The second-order valence-electron chi connectivity index (χ2n) is 4.37. The number of hydrogen-bond acceptors (Lipinski definition) is 2. The van der Waals surface area contributed by atoms with Crippen LogP contribution in [0.1, 0.15) is 25.5 Å². The standard InChI is InChI=1S/C16H19NO.ClH/c1-3-18-16-10-8-15(9-11-16)14-6-4-13(5-7-14)12(2)17;/h4-12H,3,17H2,1-2H3;1H. The maximum absolute atomic E-state index is 5.84. The van der Waals surface area contributed by atoms with E-state index in [0.29, 0.717) is 6.61 Å². The molecule has 0 aliphatic heterocycles. The molecule has 19 heavy (non-hydrogen) atoms. The van der Waals surface area contributed by atoms with Crippen LogP contribution in [0.2, 0.25) is 0 Å². The zero-order valence-corrected chi connectivity index (χ0v) is 12.1. The predicted octanol–water partition coefficient (Wildman–Crippen LogP) is 4.19. The molecular weight excluding hydrogens is 258 g/mol. The van der Waals surface area contributed by atoms with Crippen molar-refractivity contribution in [2.75, 3.05) is 6.61 Å². The second-order valence-corrected chi connectivity index (χ2v) is 4.37. The van der Waals surface area contributed by atoms with Crippen LogP contribution in [0, 0.1) is 0 Å². The van der Waals surface area contributed by atoms with E-state index in [2.05, 4.69) is 36.4 Å². The molecule has 0 radical (unpaired) electrons. The highest BCUT2D eigenvalue weighted by Crippen LogP contribution is 2.23. The van der Waals surface area contributed by atoms with Gasteiger partial charge in [0.1, 0.15) is 5.75 Å². The van der Waals surface area contributed by atoms with Crippen molar-refractivity contribution in [3.63, 3.8) is 0 Å². The Kier molecular flexibility index (Phi) is 5.87. The van der Waals surface area contributed by atoms with Crippen LogP contribution < -0.4 is 10.5 Å². The molecule has 1 atom stereocenters. The Balaban J connectivity index is 0.00000180. The molecule has 2 rings (SSSR count). The van der Waals surface area contributed by atoms with E-state index in [9.17, 15) is 0 Å². The van der Waals surface area contributed by atoms with Crippen LogP contribution in [0.25, 0.3) is 11.1 Å². The molecule has 0 aromatic heterocycles. The summed E-state index contributed by atoms with van der Waals surface area (Å²) in [5.41, 5.74) is 9.38. The first kappa shape index (κ1) is 15.5. The van der Waals surface area contributed by atoms with Crippen molar-refractivity contribution in [3.8, 4) is 16.9 Å². The Labute approximate surface area is 121 Å². The van der Waals surface area contributed by atoms with Gasteiger partial charge >= 0.3 is 0 Å². The third-order valence-corrected chi connectivity index (χ3v) is 2.94. The molecule has 2 aromatic rings. The van der Waals surface area contributed by atoms with Gasteiger partial charge in [-0.25, -0.2) is 0 Å². The van der Waals surface area contributed by atoms with Gasteiger partial charge in [-0.1, -0.05) is 36.4 Å². The van der Waals surface area contributed by atoms with Crippen molar-refractivity contribution in [1.29, 1.82) is 0 Å². The molecule has 1 unspecified atom stereocenters. The largest absolute Gasteiger partial charge is 0.494 e. The fourth-order valence-electron chi connectivity index (χ4n) is 1.89. The van der Waals surface area contributed by atoms with E-state index in [1.54, 1.807) is 0 Å². The van der Waals surface area contributed by atoms with E-state index in [4.69, 9.17) is 10.5 Å². The monoisotopic (exact) mass is 277 g/mol. The lowest BCUT2D eigenvalue weighted by atomic mass is 10.0. The van der Waals surface area contributed by atoms with E-state index in [-0.39, 0.29) is 18.4 Å². The maximum atomic E-state index is 5.84. The molecule has 0 heterocycles. The minimum absolute atomic E-state index is 0. The minimum atomic E-state index is 0. The molecule has 0 saturated heterocycles. The first-order valence-corrected chi connectivity index (χ1v) is 6.29. The van der Waals surface area contributed by atoms with Crippen molar-refractivity contribution in [2.24, 2.45) is 5.73 Å². The van der Waals surface area contributed by atoms with Crippen LogP contribution in [0.5, 0.6) is 5.75 Å². The Hall–Kier alpha value is -1.51. The third kappa shape index (κ3) is 3.98. The number of ether oxygens (including phenoxy) is 1. The molecule has 0 bridgehead atoms. The van der Waals surface area contributed by atoms with Crippen molar-refractivity contribution >= 4 is 12.4 Å². The molecule has 0 fully saturated rings. The number of benzene rings is 2. The van der Waals surface area contributed by atoms with Gasteiger partial charge in [0.25, 0.3) is 0 Å². The molecule has 0 aliphatic rings. The third-order valence-electron chi connectivity index (χ3n) is 2.94. The zero-order valence-electron chi connectivity index (χ0n) is 11.3. The summed E-state index contributed by atoms with van der Waals surface area (Å²) in [4.78, 5) is 0. The maximum Gasteiger partial charge on any atom is 0.119 e. The van der Waals surface area contributed by atoms with Crippen LogP contribution in [-0.2, 0) is 0 Å². The van der Waals surface area contributed by atoms with Crippen LogP contribution >= 0.6 is 12.4 Å². The summed E-state index contributed by atoms with van der Waals surface area (Å²) in [5, 5.41) is 0. The molecule has 2 nitrogen and oxygen atoms in total. The van der Waals surface area contributed by atoms with Crippen molar-refractivity contribution < 1.29 is 4.74 Å². The summed E-state index contributed by atoms with van der Waals surface area (Å²) in [5.74, 6) is 0.911. The van der Waals surface area contributed by atoms with Crippen LogP contribution in [0.15, 0.2) is 48.5 Å². The Morgan fingerprint density at radius 1 is 0.947 bits per heavy atom. The lowest BCUT2D eigenvalue weighted by Gasteiger charge is -2.08. The number of halogens is 1. The van der Waals surface area contributed by atoms with Gasteiger partial charge in [0, 0.05) is 6.04 Å². The van der Waals surface area contributed by atoms with E-state index in [1.165, 1.54) is 11.1 Å². The Morgan fingerprint density at radius 3 is 1.84 bits per heavy atom. The number of rotatable bonds is 4. The Bertz CT molecular complexity index is 491. The summed E-state index contributed by atoms with van der Waals surface area (Å²) >= 11 is 0. The van der Waals surface area contributed by atoms with E-state index in [1.807, 2.05) is 26.0 Å². The highest BCUT2D eigenvalue weighted by molar-refractivity contribution is 5.85. The van der Waals surface area contributed by atoms with Crippen molar-refractivity contribution in [2.45, 2.75) is 19.9 Å². The highest BCUT2D eigenvalue weighted by Gasteiger charge is 2.01. The molecule has 2 N–H and O–H groups in total. The lowest BCUT2D eigenvalue weighted by molar-refractivity contribution is 0.340. The fraction of sp³-hybridized carbons (Fsp3) is 0.250. The molecule has 0 amide bonds.